The topological polar surface area (TPSA) is 50.2 Å². The van der Waals surface area contributed by atoms with Gasteiger partial charge in [0, 0.05) is 11.9 Å². The van der Waals surface area contributed by atoms with Gasteiger partial charge in [0.2, 0.25) is 0 Å². The molecule has 4 heteroatoms. The Morgan fingerprint density at radius 3 is 2.50 bits per heavy atom. The molecule has 0 spiro atoms. The van der Waals surface area contributed by atoms with Gasteiger partial charge in [-0.05, 0) is 25.5 Å². The van der Waals surface area contributed by atoms with Gasteiger partial charge < -0.3 is 5.11 Å². The van der Waals surface area contributed by atoms with E-state index in [1.54, 1.807) is 6.07 Å². The first kappa shape index (κ1) is 10.9. The standard InChI is InChI=1S/C8H9NO2.ClH/c1-5-3-7(8(10)11)4-9-6(5)2;/h3-4H,1-2H3,(H,10,11);1H. The summed E-state index contributed by atoms with van der Waals surface area (Å²) in [6.07, 6.45) is 1.37. The molecule has 1 aromatic heterocycles. The number of nitrogens with zero attached hydrogens (tertiary/aromatic N) is 1. The Kier molecular flexibility index (Phi) is 3.70. The lowest BCUT2D eigenvalue weighted by atomic mass is 10.2. The minimum absolute atomic E-state index is 0. The zero-order chi connectivity index (χ0) is 8.43. The zero-order valence-corrected chi connectivity index (χ0v) is 7.68. The molecule has 1 heterocycles. The maximum atomic E-state index is 10.4. The quantitative estimate of drug-likeness (QED) is 0.730. The van der Waals surface area contributed by atoms with E-state index in [1.165, 1.54) is 6.20 Å². The molecule has 0 aliphatic carbocycles. The maximum Gasteiger partial charge on any atom is 0.337 e. The number of carboxylic acids is 1. The molecule has 0 radical (unpaired) electrons. The second kappa shape index (κ2) is 4.07. The third kappa shape index (κ3) is 2.20. The highest BCUT2D eigenvalue weighted by Gasteiger charge is 2.03. The van der Waals surface area contributed by atoms with E-state index < -0.39 is 5.97 Å². The van der Waals surface area contributed by atoms with E-state index in [1.807, 2.05) is 13.8 Å². The molecule has 0 amide bonds. The molecule has 0 fully saturated rings. The maximum absolute atomic E-state index is 10.4. The van der Waals surface area contributed by atoms with Gasteiger partial charge in [-0.3, -0.25) is 4.98 Å². The lowest BCUT2D eigenvalue weighted by molar-refractivity contribution is 0.0696. The Balaban J connectivity index is 0.00000121. The summed E-state index contributed by atoms with van der Waals surface area (Å²) in [7, 11) is 0. The SMILES string of the molecule is Cc1cc(C(=O)O)cnc1C.Cl. The summed E-state index contributed by atoms with van der Waals surface area (Å²) in [6, 6.07) is 1.62. The molecule has 0 aromatic carbocycles. The monoisotopic (exact) mass is 187 g/mol. The number of pyridine rings is 1. The van der Waals surface area contributed by atoms with Gasteiger partial charge >= 0.3 is 5.97 Å². The van der Waals surface area contributed by atoms with E-state index >= 15 is 0 Å². The van der Waals surface area contributed by atoms with Crippen LogP contribution < -0.4 is 0 Å². The van der Waals surface area contributed by atoms with Gasteiger partial charge in [-0.1, -0.05) is 0 Å². The summed E-state index contributed by atoms with van der Waals surface area (Å²) in [5.74, 6) is -0.930. The molecule has 1 rings (SSSR count). The number of rotatable bonds is 1. The summed E-state index contributed by atoms with van der Waals surface area (Å²) >= 11 is 0. The third-order valence-corrected chi connectivity index (χ3v) is 1.59. The van der Waals surface area contributed by atoms with E-state index in [2.05, 4.69) is 4.98 Å². The van der Waals surface area contributed by atoms with Gasteiger partial charge in [0.1, 0.15) is 0 Å². The van der Waals surface area contributed by atoms with Crippen LogP contribution in [0.1, 0.15) is 21.6 Å². The van der Waals surface area contributed by atoms with Crippen molar-refractivity contribution in [2.75, 3.05) is 0 Å². The molecule has 3 nitrogen and oxygen atoms in total. The number of hydrogen-bond acceptors (Lipinski definition) is 2. The summed E-state index contributed by atoms with van der Waals surface area (Å²) < 4.78 is 0. The van der Waals surface area contributed by atoms with Crippen molar-refractivity contribution in [3.8, 4) is 0 Å². The molecule has 0 unspecified atom stereocenters. The minimum atomic E-state index is -0.930. The number of aromatic carboxylic acids is 1. The fraction of sp³-hybridized carbons (Fsp3) is 0.250. The Labute approximate surface area is 76.9 Å². The number of aryl methyl sites for hydroxylation is 2. The van der Waals surface area contributed by atoms with Crippen LogP contribution in [0.4, 0.5) is 0 Å². The largest absolute Gasteiger partial charge is 0.478 e. The van der Waals surface area contributed by atoms with E-state index in [4.69, 9.17) is 5.11 Å². The molecule has 12 heavy (non-hydrogen) atoms. The fourth-order valence-corrected chi connectivity index (χ4v) is 0.760. The first-order valence-corrected chi connectivity index (χ1v) is 3.28. The molecule has 0 atom stereocenters. The van der Waals surface area contributed by atoms with Gasteiger partial charge in [0.25, 0.3) is 0 Å². The highest BCUT2D eigenvalue weighted by Crippen LogP contribution is 2.05. The normalized spacial score (nSPS) is 8.83. The Morgan fingerprint density at radius 2 is 2.08 bits per heavy atom. The van der Waals surface area contributed by atoms with Crippen molar-refractivity contribution in [3.05, 3.63) is 29.1 Å². The third-order valence-electron chi connectivity index (χ3n) is 1.59. The van der Waals surface area contributed by atoms with Crippen molar-refractivity contribution in [2.24, 2.45) is 0 Å². The second-order valence-corrected chi connectivity index (χ2v) is 2.43. The van der Waals surface area contributed by atoms with E-state index in [9.17, 15) is 4.79 Å². The molecular formula is C8H10ClNO2. The van der Waals surface area contributed by atoms with Gasteiger partial charge in [0.05, 0.1) is 5.56 Å². The van der Waals surface area contributed by atoms with Crippen LogP contribution in [0.25, 0.3) is 0 Å². The molecule has 0 bridgehead atoms. The lowest BCUT2D eigenvalue weighted by Crippen LogP contribution is -1.99. The van der Waals surface area contributed by atoms with Crippen molar-refractivity contribution in [3.63, 3.8) is 0 Å². The Bertz CT molecular complexity index is 299. The molecule has 0 aliphatic heterocycles. The van der Waals surface area contributed by atoms with Gasteiger partial charge in [-0.25, -0.2) is 4.79 Å². The number of hydrogen-bond donors (Lipinski definition) is 1. The zero-order valence-electron chi connectivity index (χ0n) is 6.87. The molecule has 66 valence electrons. The molecule has 0 saturated carbocycles. The summed E-state index contributed by atoms with van der Waals surface area (Å²) in [5, 5.41) is 8.56. The van der Waals surface area contributed by atoms with Crippen LogP contribution >= 0.6 is 12.4 Å². The van der Waals surface area contributed by atoms with Crippen molar-refractivity contribution < 1.29 is 9.90 Å². The number of halogens is 1. The fourth-order valence-electron chi connectivity index (χ4n) is 0.760. The van der Waals surface area contributed by atoms with Crippen LogP contribution in [0.5, 0.6) is 0 Å². The van der Waals surface area contributed by atoms with Gasteiger partial charge in [0.15, 0.2) is 0 Å². The molecular weight excluding hydrogens is 178 g/mol. The molecule has 0 aliphatic rings. The highest BCUT2D eigenvalue weighted by atomic mass is 35.5. The van der Waals surface area contributed by atoms with Crippen LogP contribution in [0, 0.1) is 13.8 Å². The van der Waals surface area contributed by atoms with Crippen LogP contribution in [-0.2, 0) is 0 Å². The Hall–Kier alpha value is -1.09. The minimum Gasteiger partial charge on any atom is -0.478 e. The summed E-state index contributed by atoms with van der Waals surface area (Å²) in [5.41, 5.74) is 2.02. The van der Waals surface area contributed by atoms with E-state index in [0.717, 1.165) is 11.3 Å². The van der Waals surface area contributed by atoms with Gasteiger partial charge in [-0.15, -0.1) is 12.4 Å². The molecule has 1 aromatic rings. The smallest absolute Gasteiger partial charge is 0.337 e. The highest BCUT2D eigenvalue weighted by molar-refractivity contribution is 5.87. The van der Waals surface area contributed by atoms with Crippen LogP contribution in [-0.4, -0.2) is 16.1 Å². The van der Waals surface area contributed by atoms with Crippen LogP contribution in [0.15, 0.2) is 12.3 Å². The Morgan fingerprint density at radius 1 is 1.50 bits per heavy atom. The summed E-state index contributed by atoms with van der Waals surface area (Å²) in [6.45, 7) is 3.69. The van der Waals surface area contributed by atoms with Crippen molar-refractivity contribution in [1.29, 1.82) is 0 Å². The second-order valence-electron chi connectivity index (χ2n) is 2.43. The van der Waals surface area contributed by atoms with Crippen molar-refractivity contribution >= 4 is 18.4 Å². The molecule has 0 saturated heterocycles. The van der Waals surface area contributed by atoms with Crippen molar-refractivity contribution in [2.45, 2.75) is 13.8 Å². The molecule has 1 N–H and O–H groups in total. The predicted octanol–water partition coefficient (Wildman–Crippen LogP) is 1.82. The first-order valence-electron chi connectivity index (χ1n) is 3.28. The average molecular weight is 188 g/mol. The van der Waals surface area contributed by atoms with Crippen LogP contribution in [0.3, 0.4) is 0 Å². The first-order chi connectivity index (χ1) is 5.11. The number of aromatic nitrogens is 1. The lowest BCUT2D eigenvalue weighted by Gasteiger charge is -1.98. The summed E-state index contributed by atoms with van der Waals surface area (Å²) in [4.78, 5) is 14.3. The van der Waals surface area contributed by atoms with Crippen LogP contribution in [0.2, 0.25) is 0 Å². The number of carbonyl (C=O) groups is 1. The average Bonchev–Trinajstić information content (AvgIpc) is 1.94. The number of carboxylic acid groups (broad SMARTS) is 1. The van der Waals surface area contributed by atoms with E-state index in [0.29, 0.717) is 0 Å². The predicted molar refractivity (Wildman–Crippen MR) is 47.9 cm³/mol. The van der Waals surface area contributed by atoms with Gasteiger partial charge in [-0.2, -0.15) is 0 Å². The van der Waals surface area contributed by atoms with Crippen molar-refractivity contribution in [1.82, 2.24) is 4.98 Å². The van der Waals surface area contributed by atoms with E-state index in [-0.39, 0.29) is 18.0 Å².